The van der Waals surface area contributed by atoms with E-state index in [0.29, 0.717) is 31.0 Å². The zero-order chi connectivity index (χ0) is 28.8. The number of hydrogen-bond acceptors (Lipinski definition) is 9. The number of carbonyl (C=O) groups is 4. The molecular weight excluding hydrogens is 536 g/mol. The molecule has 5 amide bonds. The van der Waals surface area contributed by atoms with Crippen molar-refractivity contribution in [3.63, 3.8) is 0 Å². The number of rotatable bonds is 4. The van der Waals surface area contributed by atoms with Crippen LogP contribution in [0, 0.1) is 5.92 Å². The van der Waals surface area contributed by atoms with Gasteiger partial charge >= 0.3 is 22.5 Å². The molecule has 3 aliphatic heterocycles. The normalized spacial score (nSPS) is 21.5. The van der Waals surface area contributed by atoms with E-state index in [1.807, 2.05) is 18.2 Å². The molecule has 216 valence electrons. The predicted molar refractivity (Wildman–Crippen MR) is 134 cm³/mol. The highest BCUT2D eigenvalue weighted by Gasteiger charge is 2.49. The molecule has 0 spiro atoms. The van der Waals surface area contributed by atoms with Crippen LogP contribution < -0.4 is 10.9 Å². The Labute approximate surface area is 226 Å². The maximum Gasteiger partial charge on any atom is 0.418 e. The van der Waals surface area contributed by atoms with E-state index in [2.05, 4.69) is 20.1 Å². The van der Waals surface area contributed by atoms with Gasteiger partial charge in [-0.15, -0.1) is 4.28 Å². The van der Waals surface area contributed by atoms with Crippen LogP contribution in [0.3, 0.4) is 0 Å². The monoisotopic (exact) mass is 570 g/mol. The molecule has 1 aromatic rings. The van der Waals surface area contributed by atoms with Gasteiger partial charge in [0.25, 0.3) is 5.91 Å². The molecule has 1 aromatic heterocycles. The number of aromatic nitrogens is 1. The molecule has 3 aliphatic rings. The van der Waals surface area contributed by atoms with Crippen molar-refractivity contribution in [3.05, 3.63) is 30.6 Å². The molecule has 3 fully saturated rings. The zero-order valence-corrected chi connectivity index (χ0v) is 22.8. The van der Waals surface area contributed by atoms with Gasteiger partial charge < -0.3 is 14.5 Å². The molecule has 0 aliphatic carbocycles. The van der Waals surface area contributed by atoms with Crippen LogP contribution in [-0.4, -0.2) is 94.1 Å². The number of nitrogens with one attached hydrogen (secondary N) is 2. The Balaban J connectivity index is 0.000000617. The minimum atomic E-state index is -4.88. The fourth-order valence-corrected chi connectivity index (χ4v) is 4.76. The van der Waals surface area contributed by atoms with E-state index in [-0.39, 0.29) is 19.4 Å². The lowest BCUT2D eigenvalue weighted by Gasteiger charge is -2.33. The summed E-state index contributed by atoms with van der Waals surface area (Å²) in [4.78, 5) is 56.0. The molecule has 4 rings (SSSR count). The number of hydrazine groups is 1. The van der Waals surface area contributed by atoms with E-state index in [4.69, 9.17) is 9.29 Å². The number of hydroxylamine groups is 2. The topological polar surface area (TPSA) is 188 Å². The Morgan fingerprint density at radius 3 is 2.13 bits per heavy atom. The van der Waals surface area contributed by atoms with Gasteiger partial charge in [0, 0.05) is 37.9 Å². The lowest BCUT2D eigenvalue weighted by atomic mass is 9.96. The molecule has 0 aromatic carbocycles. The van der Waals surface area contributed by atoms with Crippen LogP contribution in [0.4, 0.5) is 9.59 Å². The molecule has 2 bridgehead atoms. The lowest BCUT2D eigenvalue weighted by molar-refractivity contribution is -0.134. The first kappa shape index (κ1) is 30.0. The molecule has 0 unspecified atom stereocenters. The summed E-state index contributed by atoms with van der Waals surface area (Å²) in [6.45, 7) is 6.05. The maximum absolute atomic E-state index is 12.6. The second-order valence-electron chi connectivity index (χ2n) is 10.3. The second kappa shape index (κ2) is 12.6. The van der Waals surface area contributed by atoms with Crippen molar-refractivity contribution in [2.24, 2.45) is 5.92 Å². The summed E-state index contributed by atoms with van der Waals surface area (Å²) in [6, 6.07) is 3.30. The van der Waals surface area contributed by atoms with Crippen molar-refractivity contribution >= 4 is 34.3 Å². The van der Waals surface area contributed by atoms with E-state index in [1.54, 1.807) is 33.2 Å². The molecule has 4 heterocycles. The van der Waals surface area contributed by atoms with Crippen LogP contribution in [0.25, 0.3) is 0 Å². The van der Waals surface area contributed by atoms with Gasteiger partial charge in [-0.3, -0.25) is 30.0 Å². The van der Waals surface area contributed by atoms with Gasteiger partial charge in [-0.2, -0.15) is 13.5 Å². The summed E-state index contributed by atoms with van der Waals surface area (Å²) in [5, 5.41) is 0.541. The van der Waals surface area contributed by atoms with Crippen molar-refractivity contribution in [3.8, 4) is 0 Å². The number of piperidine rings is 2. The first-order valence-corrected chi connectivity index (χ1v) is 13.8. The van der Waals surface area contributed by atoms with Crippen molar-refractivity contribution in [2.45, 2.75) is 64.1 Å². The molecule has 0 radical (unpaired) electrons. The Kier molecular flexibility index (Phi) is 9.68. The quantitative estimate of drug-likeness (QED) is 0.346. The van der Waals surface area contributed by atoms with Gasteiger partial charge in [0.05, 0.1) is 6.04 Å². The zero-order valence-electron chi connectivity index (χ0n) is 22.0. The highest BCUT2D eigenvalue weighted by Crippen LogP contribution is 2.30. The molecule has 15 nitrogen and oxygen atoms in total. The number of likely N-dealkylation sites (tertiary alicyclic amines) is 1. The summed E-state index contributed by atoms with van der Waals surface area (Å²) in [7, 11) is -4.88. The first-order chi connectivity index (χ1) is 18.2. The highest BCUT2D eigenvalue weighted by atomic mass is 32.3. The number of carbonyl (C=O) groups excluding carboxylic acids is 4. The molecule has 39 heavy (non-hydrogen) atoms. The number of amides is 5. The standard InChI is InChI=1S/C18H29N5O9S.C5H5N/c1-18(2,3)31-17(27)21-8-6-11(7-9-21)14(24)19-20-15(25)13-5-4-12-10-22(13)16(26)23(12)32-33(28,29)30;1-2-4-6-5-3-1/h11-13H,4-10H2,1-3H3,(H,19,24)(H,20,25)(H,28,29,30);1-5H/t12-,13+;/m1./s1. The Morgan fingerprint density at radius 1 is 1.00 bits per heavy atom. The van der Waals surface area contributed by atoms with Crippen LogP contribution in [0.15, 0.2) is 30.6 Å². The van der Waals surface area contributed by atoms with Crippen LogP contribution in [-0.2, 0) is 29.0 Å². The summed E-state index contributed by atoms with van der Waals surface area (Å²) >= 11 is 0. The Hall–Kier alpha value is -3.50. The third-order valence-corrected chi connectivity index (χ3v) is 6.54. The molecule has 3 N–H and O–H groups in total. The van der Waals surface area contributed by atoms with Crippen LogP contribution in [0.2, 0.25) is 0 Å². The SMILES string of the molecule is CC(C)(C)OC(=O)N1CCC(C(=O)NNC(=O)[C@@H]2CC[C@@H]3CN2C(=O)N3OS(=O)(=O)O)CC1.c1ccncc1. The van der Waals surface area contributed by atoms with E-state index in [0.717, 1.165) is 4.90 Å². The van der Waals surface area contributed by atoms with Crippen LogP contribution >= 0.6 is 0 Å². The third kappa shape index (κ3) is 8.76. The molecular formula is C23H34N6O9S. The van der Waals surface area contributed by atoms with Gasteiger partial charge in [-0.1, -0.05) is 6.07 Å². The fourth-order valence-electron chi connectivity index (χ4n) is 4.38. The Morgan fingerprint density at radius 2 is 1.62 bits per heavy atom. The lowest BCUT2D eigenvalue weighted by Crippen LogP contribution is -2.55. The summed E-state index contributed by atoms with van der Waals surface area (Å²) < 4.78 is 40.4. The van der Waals surface area contributed by atoms with E-state index in [1.165, 1.54) is 4.90 Å². The average molecular weight is 571 g/mol. The number of ether oxygens (including phenoxy) is 1. The second-order valence-corrected chi connectivity index (χ2v) is 11.3. The smallest absolute Gasteiger partial charge is 0.418 e. The van der Waals surface area contributed by atoms with Gasteiger partial charge in [-0.05, 0) is 58.6 Å². The summed E-state index contributed by atoms with van der Waals surface area (Å²) in [6.07, 6.45) is 4.36. The predicted octanol–water partition coefficient (Wildman–Crippen LogP) is 0.866. The summed E-state index contributed by atoms with van der Waals surface area (Å²) in [5.41, 5.74) is 4.07. The van der Waals surface area contributed by atoms with Crippen LogP contribution in [0.5, 0.6) is 0 Å². The number of urea groups is 1. The van der Waals surface area contributed by atoms with Crippen molar-refractivity contribution in [1.82, 2.24) is 30.7 Å². The Bertz CT molecular complexity index is 1110. The van der Waals surface area contributed by atoms with E-state index >= 15 is 0 Å². The van der Waals surface area contributed by atoms with E-state index in [9.17, 15) is 27.6 Å². The minimum Gasteiger partial charge on any atom is -0.444 e. The van der Waals surface area contributed by atoms with Crippen molar-refractivity contribution in [1.29, 1.82) is 0 Å². The van der Waals surface area contributed by atoms with Gasteiger partial charge in [0.15, 0.2) is 0 Å². The van der Waals surface area contributed by atoms with Gasteiger partial charge in [0.1, 0.15) is 11.6 Å². The number of hydrogen-bond donors (Lipinski definition) is 3. The molecule has 16 heteroatoms. The molecule has 3 saturated heterocycles. The van der Waals surface area contributed by atoms with Gasteiger partial charge in [0.2, 0.25) is 5.91 Å². The van der Waals surface area contributed by atoms with Crippen molar-refractivity contribution in [2.75, 3.05) is 19.6 Å². The van der Waals surface area contributed by atoms with Gasteiger partial charge in [-0.25, -0.2) is 9.59 Å². The fraction of sp³-hybridized carbons (Fsp3) is 0.609. The third-order valence-electron chi connectivity index (χ3n) is 6.19. The first-order valence-electron chi connectivity index (χ1n) is 12.4. The van der Waals surface area contributed by atoms with Crippen molar-refractivity contribution < 1.29 is 41.2 Å². The number of pyridine rings is 1. The maximum atomic E-state index is 12.6. The number of fused-ring (bicyclic) bond motifs is 2. The average Bonchev–Trinajstić information content (AvgIpc) is 3.11. The highest BCUT2D eigenvalue weighted by molar-refractivity contribution is 7.80. The van der Waals surface area contributed by atoms with Crippen LogP contribution in [0.1, 0.15) is 46.5 Å². The largest absolute Gasteiger partial charge is 0.444 e. The van der Waals surface area contributed by atoms with E-state index < -0.39 is 57.9 Å². The molecule has 0 saturated carbocycles. The number of nitrogens with zero attached hydrogens (tertiary/aromatic N) is 4. The molecule has 2 atom stereocenters. The minimum absolute atomic E-state index is 0.0452. The summed E-state index contributed by atoms with van der Waals surface area (Å²) in [5.74, 6) is -1.45.